The molecule has 1 aliphatic rings. The molecule has 0 aliphatic carbocycles. The van der Waals surface area contributed by atoms with Gasteiger partial charge in [0.25, 0.3) is 11.5 Å². The van der Waals surface area contributed by atoms with Gasteiger partial charge in [0.2, 0.25) is 0 Å². The first kappa shape index (κ1) is 21.7. The van der Waals surface area contributed by atoms with E-state index in [4.69, 9.17) is 4.74 Å². The first-order chi connectivity index (χ1) is 15.4. The Balaban J connectivity index is 1.52. The van der Waals surface area contributed by atoms with Gasteiger partial charge in [0.1, 0.15) is 12.3 Å². The van der Waals surface area contributed by atoms with E-state index in [9.17, 15) is 24.3 Å². The Hall–Kier alpha value is -3.56. The normalized spacial score (nSPS) is 20.4. The molecular formula is C23H23N3O6. The number of carbonyl (C=O) groups is 2. The van der Waals surface area contributed by atoms with Gasteiger partial charge in [-0.05, 0) is 17.2 Å². The molecule has 0 unspecified atom stereocenters. The molecule has 0 bridgehead atoms. The lowest BCUT2D eigenvalue weighted by Gasteiger charge is -2.18. The Labute approximate surface area is 182 Å². The number of ether oxygens (including phenoxy) is 1. The van der Waals surface area contributed by atoms with Crippen LogP contribution in [0.5, 0.6) is 0 Å². The van der Waals surface area contributed by atoms with E-state index < -0.39 is 35.6 Å². The zero-order valence-electron chi connectivity index (χ0n) is 17.4. The standard InChI is InChI=1S/C23H23N3O6/c1-2-13-11-26(23(31)25-21(13)29)19-9-17(28)18(32-19)10-24-22(30)20-15(12-27)8-7-14-5-3-4-6-16(14)20/h3-8,11-12,17-19,28H,2,9-10H2,1H3,(H,24,30)(H,25,29,31)/t17-,18+,19+/m0/s1. The minimum Gasteiger partial charge on any atom is -0.390 e. The molecule has 1 fully saturated rings. The quantitative estimate of drug-likeness (QED) is 0.496. The van der Waals surface area contributed by atoms with Gasteiger partial charge < -0.3 is 15.2 Å². The third kappa shape index (κ3) is 4.00. The van der Waals surface area contributed by atoms with Crippen LogP contribution in [-0.4, -0.2) is 45.6 Å². The van der Waals surface area contributed by atoms with Crippen LogP contribution in [0.3, 0.4) is 0 Å². The molecule has 9 heteroatoms. The summed E-state index contributed by atoms with van der Waals surface area (Å²) in [5, 5.41) is 14.6. The topological polar surface area (TPSA) is 130 Å². The van der Waals surface area contributed by atoms with Gasteiger partial charge in [-0.1, -0.05) is 43.3 Å². The van der Waals surface area contributed by atoms with Gasteiger partial charge in [0, 0.05) is 30.3 Å². The molecule has 166 valence electrons. The highest BCUT2D eigenvalue weighted by molar-refractivity contribution is 6.12. The highest BCUT2D eigenvalue weighted by Gasteiger charge is 2.36. The fourth-order valence-electron chi connectivity index (χ4n) is 3.98. The molecule has 1 aliphatic heterocycles. The SMILES string of the molecule is CCc1cn([C@H]2C[C@H](O)[C@@H](CNC(=O)c3c(C=O)ccc4ccccc34)O2)c(=O)[nH]c1=O. The van der Waals surface area contributed by atoms with Crippen molar-refractivity contribution in [2.45, 2.75) is 38.2 Å². The molecule has 0 saturated carbocycles. The van der Waals surface area contributed by atoms with Crippen molar-refractivity contribution < 1.29 is 19.4 Å². The zero-order valence-corrected chi connectivity index (χ0v) is 17.4. The Morgan fingerprint density at radius 2 is 2.06 bits per heavy atom. The molecule has 1 saturated heterocycles. The third-order valence-electron chi connectivity index (χ3n) is 5.72. The largest absolute Gasteiger partial charge is 0.390 e. The maximum absolute atomic E-state index is 12.9. The summed E-state index contributed by atoms with van der Waals surface area (Å²) in [7, 11) is 0. The number of benzene rings is 2. The maximum Gasteiger partial charge on any atom is 0.330 e. The summed E-state index contributed by atoms with van der Waals surface area (Å²) in [6.07, 6.45) is 0.172. The second-order valence-corrected chi connectivity index (χ2v) is 7.69. The number of rotatable bonds is 6. The first-order valence-electron chi connectivity index (χ1n) is 10.4. The smallest absolute Gasteiger partial charge is 0.330 e. The van der Waals surface area contributed by atoms with Crippen molar-refractivity contribution in [1.82, 2.24) is 14.9 Å². The predicted molar refractivity (Wildman–Crippen MR) is 117 cm³/mol. The van der Waals surface area contributed by atoms with Crippen LogP contribution in [0.25, 0.3) is 10.8 Å². The first-order valence-corrected chi connectivity index (χ1v) is 10.4. The van der Waals surface area contributed by atoms with Crippen molar-refractivity contribution in [3.05, 3.63) is 80.1 Å². The zero-order chi connectivity index (χ0) is 22.8. The Morgan fingerprint density at radius 1 is 1.28 bits per heavy atom. The highest BCUT2D eigenvalue weighted by Crippen LogP contribution is 2.28. The van der Waals surface area contributed by atoms with Crippen LogP contribution in [0, 0.1) is 0 Å². The molecular weight excluding hydrogens is 414 g/mol. The average molecular weight is 437 g/mol. The number of aromatic amines is 1. The number of aliphatic hydroxyl groups is 1. The van der Waals surface area contributed by atoms with E-state index in [2.05, 4.69) is 10.3 Å². The van der Waals surface area contributed by atoms with E-state index in [0.717, 1.165) is 5.39 Å². The summed E-state index contributed by atoms with van der Waals surface area (Å²) in [6, 6.07) is 10.6. The molecule has 1 amide bonds. The number of aldehydes is 1. The predicted octanol–water partition coefficient (Wildman–Crippen LogP) is 1.14. The lowest BCUT2D eigenvalue weighted by molar-refractivity contribution is -0.0187. The summed E-state index contributed by atoms with van der Waals surface area (Å²) in [5.41, 5.74) is -0.125. The van der Waals surface area contributed by atoms with Crippen LogP contribution < -0.4 is 16.6 Å². The van der Waals surface area contributed by atoms with E-state index in [1.165, 1.54) is 10.8 Å². The molecule has 0 radical (unpaired) electrons. The van der Waals surface area contributed by atoms with Crippen LogP contribution in [0.2, 0.25) is 0 Å². The van der Waals surface area contributed by atoms with Gasteiger partial charge in [-0.25, -0.2) is 4.79 Å². The number of carbonyl (C=O) groups excluding carboxylic acids is 2. The lowest BCUT2D eigenvalue weighted by atomic mass is 9.99. The summed E-state index contributed by atoms with van der Waals surface area (Å²) in [4.78, 5) is 50.7. The molecule has 2 aromatic carbocycles. The van der Waals surface area contributed by atoms with Gasteiger partial charge in [-0.2, -0.15) is 0 Å². The molecule has 32 heavy (non-hydrogen) atoms. The maximum atomic E-state index is 12.9. The van der Waals surface area contributed by atoms with E-state index >= 15 is 0 Å². The summed E-state index contributed by atoms with van der Waals surface area (Å²) in [5.74, 6) is -0.461. The molecule has 1 aromatic heterocycles. The van der Waals surface area contributed by atoms with Gasteiger partial charge in [-0.15, -0.1) is 0 Å². The van der Waals surface area contributed by atoms with Gasteiger partial charge in [0.15, 0.2) is 6.29 Å². The van der Waals surface area contributed by atoms with Crippen molar-refractivity contribution in [3.8, 4) is 0 Å². The number of aromatic nitrogens is 2. The second-order valence-electron chi connectivity index (χ2n) is 7.69. The fourth-order valence-corrected chi connectivity index (χ4v) is 3.98. The van der Waals surface area contributed by atoms with Crippen molar-refractivity contribution in [3.63, 3.8) is 0 Å². The minimum absolute atomic E-state index is 0.0171. The molecule has 9 nitrogen and oxygen atoms in total. The summed E-state index contributed by atoms with van der Waals surface area (Å²) in [6.45, 7) is 1.78. The van der Waals surface area contributed by atoms with Crippen molar-refractivity contribution in [2.75, 3.05) is 6.54 Å². The van der Waals surface area contributed by atoms with Crippen molar-refractivity contribution >= 4 is 23.0 Å². The molecule has 3 atom stereocenters. The summed E-state index contributed by atoms with van der Waals surface area (Å²) < 4.78 is 7.07. The fraction of sp³-hybridized carbons (Fsp3) is 0.304. The lowest BCUT2D eigenvalue weighted by Crippen LogP contribution is -2.38. The van der Waals surface area contributed by atoms with Crippen LogP contribution in [0.4, 0.5) is 0 Å². The van der Waals surface area contributed by atoms with Gasteiger partial charge in [0.05, 0.1) is 11.7 Å². The van der Waals surface area contributed by atoms with Crippen LogP contribution in [0.1, 0.15) is 45.9 Å². The number of hydrogen-bond acceptors (Lipinski definition) is 6. The average Bonchev–Trinajstić information content (AvgIpc) is 3.16. The highest BCUT2D eigenvalue weighted by atomic mass is 16.5. The molecule has 3 N–H and O–H groups in total. The van der Waals surface area contributed by atoms with E-state index in [1.807, 2.05) is 12.1 Å². The molecule has 0 spiro atoms. The van der Waals surface area contributed by atoms with Crippen LogP contribution >= 0.6 is 0 Å². The number of nitrogens with one attached hydrogen (secondary N) is 2. The number of aliphatic hydroxyl groups excluding tert-OH is 1. The van der Waals surface area contributed by atoms with E-state index in [-0.39, 0.29) is 24.1 Å². The number of aryl methyl sites for hydroxylation is 1. The van der Waals surface area contributed by atoms with E-state index in [1.54, 1.807) is 31.2 Å². The minimum atomic E-state index is -0.928. The molecule has 4 rings (SSSR count). The molecule has 3 aromatic rings. The van der Waals surface area contributed by atoms with E-state index in [0.29, 0.717) is 23.7 Å². The third-order valence-corrected chi connectivity index (χ3v) is 5.72. The molecule has 2 heterocycles. The second kappa shape index (κ2) is 8.89. The number of H-pyrrole nitrogens is 1. The Kier molecular flexibility index (Phi) is 6.02. The number of fused-ring (bicyclic) bond motifs is 1. The van der Waals surface area contributed by atoms with Crippen molar-refractivity contribution in [1.29, 1.82) is 0 Å². The number of hydrogen-bond donors (Lipinski definition) is 3. The number of amides is 1. The Morgan fingerprint density at radius 3 is 2.81 bits per heavy atom. The van der Waals surface area contributed by atoms with Gasteiger partial charge >= 0.3 is 5.69 Å². The Bertz CT molecular complexity index is 1290. The van der Waals surface area contributed by atoms with Crippen molar-refractivity contribution in [2.24, 2.45) is 0 Å². The monoisotopic (exact) mass is 437 g/mol. The summed E-state index contributed by atoms with van der Waals surface area (Å²) >= 11 is 0. The van der Waals surface area contributed by atoms with Crippen LogP contribution in [0.15, 0.2) is 52.2 Å². The number of nitrogens with zero attached hydrogens (tertiary/aromatic N) is 1. The van der Waals surface area contributed by atoms with Gasteiger partial charge in [-0.3, -0.25) is 23.9 Å². The van der Waals surface area contributed by atoms with Crippen LogP contribution in [-0.2, 0) is 11.2 Å².